The maximum Gasteiger partial charge on any atom is 0.262 e. The summed E-state index contributed by atoms with van der Waals surface area (Å²) in [6, 6.07) is 21.6. The maximum absolute atomic E-state index is 13.6. The lowest BCUT2D eigenvalue weighted by atomic mass is 10.0. The van der Waals surface area contributed by atoms with Gasteiger partial charge in [0.15, 0.2) is 0 Å². The first-order valence-electron chi connectivity index (χ1n) is 9.93. The van der Waals surface area contributed by atoms with Gasteiger partial charge in [-0.2, -0.15) is 0 Å². The Kier molecular flexibility index (Phi) is 5.36. The summed E-state index contributed by atoms with van der Waals surface area (Å²) in [4.78, 5) is 27.0. The SMILES string of the molecule is CN1c2ccccc2C(=O)N(c2ccccc2)C1c1ccc(-c2csc(CN=[N+]=[N-])n2)s1. The molecular weight excluding hydrogens is 440 g/mol. The first kappa shape index (κ1) is 20.3. The molecule has 0 fully saturated rings. The number of amides is 1. The molecule has 5 rings (SSSR count). The first-order chi connectivity index (χ1) is 15.7. The quantitative estimate of drug-likeness (QED) is 0.195. The minimum atomic E-state index is -0.278. The highest BCUT2D eigenvalue weighted by Gasteiger charge is 2.38. The summed E-state index contributed by atoms with van der Waals surface area (Å²) in [5, 5.41) is 6.34. The lowest BCUT2D eigenvalue weighted by Crippen LogP contribution is -2.47. The molecule has 0 spiro atoms. The van der Waals surface area contributed by atoms with Crippen LogP contribution in [0.2, 0.25) is 0 Å². The lowest BCUT2D eigenvalue weighted by Gasteiger charge is -2.43. The Morgan fingerprint density at radius 2 is 1.88 bits per heavy atom. The van der Waals surface area contributed by atoms with E-state index in [0.717, 1.165) is 31.8 Å². The fourth-order valence-corrected chi connectivity index (χ4v) is 5.78. The van der Waals surface area contributed by atoms with Crippen molar-refractivity contribution in [2.75, 3.05) is 16.8 Å². The van der Waals surface area contributed by atoms with E-state index in [-0.39, 0.29) is 18.6 Å². The number of azide groups is 1. The standard InChI is InChI=1S/C23H18N6OS2/c1-28-18-10-6-5-9-16(18)23(30)29(15-7-3-2-4-8-15)22(28)20-12-11-19(32-20)17-14-31-21(26-17)13-25-27-24/h2-12,14,22H,13H2,1H3. The molecule has 2 aromatic carbocycles. The minimum absolute atomic E-state index is 0.0184. The van der Waals surface area contributed by atoms with Crippen molar-refractivity contribution in [2.45, 2.75) is 12.7 Å². The van der Waals surface area contributed by atoms with Gasteiger partial charge < -0.3 is 4.90 Å². The third-order valence-electron chi connectivity index (χ3n) is 5.33. The molecule has 2 aromatic heterocycles. The van der Waals surface area contributed by atoms with Gasteiger partial charge in [-0.05, 0) is 41.9 Å². The van der Waals surface area contributed by atoms with E-state index in [1.165, 1.54) is 11.3 Å². The van der Waals surface area contributed by atoms with Gasteiger partial charge in [-0.3, -0.25) is 9.69 Å². The third-order valence-corrected chi connectivity index (χ3v) is 7.32. The van der Waals surface area contributed by atoms with Gasteiger partial charge in [0.1, 0.15) is 6.17 Å². The van der Waals surface area contributed by atoms with Crippen LogP contribution in [0.1, 0.15) is 26.4 Å². The summed E-state index contributed by atoms with van der Waals surface area (Å²) >= 11 is 3.09. The summed E-state index contributed by atoms with van der Waals surface area (Å²) in [5.74, 6) is -0.0184. The number of carbonyl (C=O) groups excluding carboxylic acids is 1. The number of aromatic nitrogens is 1. The molecule has 1 aliphatic rings. The number of thiophene rings is 1. The molecule has 0 radical (unpaired) electrons. The number of thiazole rings is 1. The topological polar surface area (TPSA) is 85.2 Å². The Bertz CT molecular complexity index is 1330. The zero-order valence-electron chi connectivity index (χ0n) is 17.1. The number of benzene rings is 2. The van der Waals surface area contributed by atoms with E-state index in [4.69, 9.17) is 5.53 Å². The highest BCUT2D eigenvalue weighted by atomic mass is 32.1. The normalized spacial score (nSPS) is 15.4. The van der Waals surface area contributed by atoms with E-state index < -0.39 is 0 Å². The molecule has 0 aliphatic carbocycles. The number of fused-ring (bicyclic) bond motifs is 1. The van der Waals surface area contributed by atoms with E-state index in [1.807, 2.05) is 78.0 Å². The van der Waals surface area contributed by atoms with Crippen LogP contribution in [0.5, 0.6) is 0 Å². The van der Waals surface area contributed by atoms with Crippen molar-refractivity contribution in [2.24, 2.45) is 5.11 Å². The largest absolute Gasteiger partial charge is 0.349 e. The van der Waals surface area contributed by atoms with Crippen LogP contribution in [-0.4, -0.2) is 17.9 Å². The Morgan fingerprint density at radius 1 is 1.09 bits per heavy atom. The van der Waals surface area contributed by atoms with Crippen LogP contribution in [0.4, 0.5) is 11.4 Å². The molecule has 32 heavy (non-hydrogen) atoms. The van der Waals surface area contributed by atoms with E-state index in [0.29, 0.717) is 5.56 Å². The number of hydrogen-bond donors (Lipinski definition) is 0. The van der Waals surface area contributed by atoms with E-state index in [1.54, 1.807) is 11.3 Å². The predicted molar refractivity (Wildman–Crippen MR) is 129 cm³/mol. The molecule has 3 heterocycles. The average Bonchev–Trinajstić information content (AvgIpc) is 3.50. The Hall–Kier alpha value is -3.65. The molecular formula is C23H18N6OS2. The fraction of sp³-hybridized carbons (Fsp3) is 0.130. The van der Waals surface area contributed by atoms with Crippen LogP contribution in [0.3, 0.4) is 0 Å². The monoisotopic (exact) mass is 458 g/mol. The second-order valence-corrected chi connectivity index (χ2v) is 9.29. The smallest absolute Gasteiger partial charge is 0.262 e. The van der Waals surface area contributed by atoms with Gasteiger partial charge in [0.25, 0.3) is 5.91 Å². The number of carbonyl (C=O) groups is 1. The Balaban J connectivity index is 1.57. The molecule has 1 atom stereocenters. The molecule has 0 saturated carbocycles. The summed E-state index contributed by atoms with van der Waals surface area (Å²) in [6.07, 6.45) is -0.278. The molecule has 1 aliphatic heterocycles. The number of anilines is 2. The number of nitrogens with zero attached hydrogens (tertiary/aromatic N) is 6. The molecule has 0 saturated heterocycles. The zero-order chi connectivity index (χ0) is 22.1. The van der Waals surface area contributed by atoms with Gasteiger partial charge in [0.2, 0.25) is 0 Å². The summed E-state index contributed by atoms with van der Waals surface area (Å²) in [7, 11) is 2.02. The Morgan fingerprint density at radius 3 is 2.69 bits per heavy atom. The number of para-hydroxylation sites is 2. The van der Waals surface area contributed by atoms with Gasteiger partial charge >= 0.3 is 0 Å². The second kappa shape index (κ2) is 8.47. The Labute approximate surface area is 192 Å². The van der Waals surface area contributed by atoms with Crippen LogP contribution >= 0.6 is 22.7 Å². The molecule has 158 valence electrons. The highest BCUT2D eigenvalue weighted by Crippen LogP contribution is 2.43. The molecule has 0 N–H and O–H groups in total. The van der Waals surface area contributed by atoms with Crippen LogP contribution in [0.25, 0.3) is 21.0 Å². The van der Waals surface area contributed by atoms with Crippen molar-refractivity contribution in [3.63, 3.8) is 0 Å². The molecule has 0 bridgehead atoms. The summed E-state index contributed by atoms with van der Waals surface area (Å²) in [6.45, 7) is 0.248. The van der Waals surface area contributed by atoms with Gasteiger partial charge in [-0.1, -0.05) is 35.4 Å². The molecule has 1 amide bonds. The van der Waals surface area contributed by atoms with Crippen molar-refractivity contribution in [1.29, 1.82) is 0 Å². The van der Waals surface area contributed by atoms with Gasteiger partial charge in [0.05, 0.1) is 33.4 Å². The van der Waals surface area contributed by atoms with Crippen molar-refractivity contribution < 1.29 is 4.79 Å². The summed E-state index contributed by atoms with van der Waals surface area (Å²) in [5.41, 5.74) is 11.8. The highest BCUT2D eigenvalue weighted by molar-refractivity contribution is 7.16. The van der Waals surface area contributed by atoms with Crippen molar-refractivity contribution in [1.82, 2.24) is 4.98 Å². The first-order valence-corrected chi connectivity index (χ1v) is 11.6. The van der Waals surface area contributed by atoms with Gasteiger partial charge in [0, 0.05) is 27.9 Å². The van der Waals surface area contributed by atoms with Crippen molar-refractivity contribution >= 4 is 40.0 Å². The number of hydrogen-bond acceptors (Lipinski definition) is 6. The van der Waals surface area contributed by atoms with E-state index in [9.17, 15) is 4.79 Å². The molecule has 4 aromatic rings. The zero-order valence-corrected chi connectivity index (χ0v) is 18.8. The van der Waals surface area contributed by atoms with Crippen LogP contribution in [-0.2, 0) is 6.54 Å². The number of rotatable bonds is 5. The van der Waals surface area contributed by atoms with Gasteiger partial charge in [-0.25, -0.2) is 4.98 Å². The van der Waals surface area contributed by atoms with E-state index >= 15 is 0 Å². The fourth-order valence-electron chi connectivity index (χ4n) is 3.89. The predicted octanol–water partition coefficient (Wildman–Crippen LogP) is 6.48. The van der Waals surface area contributed by atoms with Crippen LogP contribution in [0, 0.1) is 0 Å². The second-order valence-electron chi connectivity index (χ2n) is 7.23. The van der Waals surface area contributed by atoms with Crippen molar-refractivity contribution in [3.05, 3.63) is 98.0 Å². The summed E-state index contributed by atoms with van der Waals surface area (Å²) < 4.78 is 0. The minimum Gasteiger partial charge on any atom is -0.349 e. The van der Waals surface area contributed by atoms with Crippen LogP contribution in [0.15, 0.2) is 77.2 Å². The van der Waals surface area contributed by atoms with Crippen molar-refractivity contribution in [3.8, 4) is 10.6 Å². The molecule has 9 heteroatoms. The molecule has 1 unspecified atom stereocenters. The van der Waals surface area contributed by atoms with E-state index in [2.05, 4.69) is 26.0 Å². The average molecular weight is 459 g/mol. The molecule has 7 nitrogen and oxygen atoms in total. The van der Waals surface area contributed by atoms with Crippen LogP contribution < -0.4 is 9.80 Å². The lowest BCUT2D eigenvalue weighted by molar-refractivity contribution is 0.0970. The third kappa shape index (κ3) is 3.52. The van der Waals surface area contributed by atoms with Gasteiger partial charge in [-0.15, -0.1) is 22.7 Å². The maximum atomic E-state index is 13.6.